The fourth-order valence-corrected chi connectivity index (χ4v) is 4.30. The first-order chi connectivity index (χ1) is 12.8. The Kier molecular flexibility index (Phi) is 4.21. The van der Waals surface area contributed by atoms with Crippen LogP contribution in [-0.2, 0) is 0 Å². The average molecular weight is 413 g/mol. The number of rotatable bonds is 3. The quantitative estimate of drug-likeness (QED) is 0.838. The highest BCUT2D eigenvalue weighted by Crippen LogP contribution is 2.45. The third-order valence-corrected chi connectivity index (χ3v) is 6.11. The van der Waals surface area contributed by atoms with Crippen molar-refractivity contribution < 1.29 is 0 Å². The summed E-state index contributed by atoms with van der Waals surface area (Å²) in [6.07, 6.45) is 11.0. The highest BCUT2D eigenvalue weighted by Gasteiger charge is 2.30. The predicted molar refractivity (Wildman–Crippen MR) is 107 cm³/mol. The summed E-state index contributed by atoms with van der Waals surface area (Å²) in [5.74, 6) is 2.69. The second kappa shape index (κ2) is 6.70. The molecule has 1 aliphatic carbocycles. The lowest BCUT2D eigenvalue weighted by molar-refractivity contribution is 0.584. The second-order valence-corrected chi connectivity index (χ2v) is 8.09. The molecule has 6 nitrogen and oxygen atoms in total. The van der Waals surface area contributed by atoms with E-state index in [9.17, 15) is 0 Å². The van der Waals surface area contributed by atoms with Crippen molar-refractivity contribution in [3.05, 3.63) is 34.5 Å². The van der Waals surface area contributed by atoms with Gasteiger partial charge in [-0.05, 0) is 30.7 Å². The van der Waals surface area contributed by atoms with Gasteiger partial charge in [0, 0.05) is 54.7 Å². The Balaban J connectivity index is 1.69. The summed E-state index contributed by atoms with van der Waals surface area (Å²) in [7, 11) is 0. The molecule has 0 aromatic carbocycles. The van der Waals surface area contributed by atoms with Crippen LogP contribution in [0, 0.1) is 0 Å². The number of aliphatic imine (C=N–C) groups is 1. The zero-order chi connectivity index (χ0) is 17.5. The van der Waals surface area contributed by atoms with Crippen LogP contribution in [0.1, 0.15) is 42.5 Å². The van der Waals surface area contributed by atoms with E-state index < -0.39 is 0 Å². The zero-order valence-electron chi connectivity index (χ0n) is 14.5. The van der Waals surface area contributed by atoms with Gasteiger partial charge in [0.25, 0.3) is 0 Å². The van der Waals surface area contributed by atoms with Gasteiger partial charge >= 0.3 is 0 Å². The minimum absolute atomic E-state index is 0.128. The number of hydrogen-bond acceptors (Lipinski definition) is 6. The molecule has 26 heavy (non-hydrogen) atoms. The monoisotopic (exact) mass is 412 g/mol. The Morgan fingerprint density at radius 2 is 1.96 bits per heavy atom. The van der Waals surface area contributed by atoms with Gasteiger partial charge in [0.15, 0.2) is 0 Å². The molecule has 134 valence electrons. The van der Waals surface area contributed by atoms with E-state index >= 15 is 0 Å². The number of allylic oxidation sites excluding steroid dienone is 1. The topological polar surface area (TPSA) is 66.3 Å². The first kappa shape index (κ1) is 16.3. The van der Waals surface area contributed by atoms with E-state index in [1.165, 1.54) is 23.8 Å². The van der Waals surface area contributed by atoms with Crippen LogP contribution in [-0.4, -0.2) is 47.3 Å². The normalized spacial score (nSPS) is 23.3. The summed E-state index contributed by atoms with van der Waals surface area (Å²) in [6, 6.07) is 0. The molecule has 2 fully saturated rings. The van der Waals surface area contributed by atoms with Crippen LogP contribution in [0.3, 0.4) is 0 Å². The molecule has 1 N–H and O–H groups in total. The first-order valence-corrected chi connectivity index (χ1v) is 10.1. The number of halogens is 1. The maximum absolute atomic E-state index is 5.10. The number of nitrogens with one attached hydrogen (secondary N) is 1. The van der Waals surface area contributed by atoms with Gasteiger partial charge in [-0.1, -0.05) is 15.9 Å². The van der Waals surface area contributed by atoms with Crippen LogP contribution in [0.2, 0.25) is 0 Å². The summed E-state index contributed by atoms with van der Waals surface area (Å²) in [5, 5.41) is 4.64. The van der Waals surface area contributed by atoms with E-state index in [2.05, 4.69) is 36.1 Å². The van der Waals surface area contributed by atoms with Crippen LogP contribution in [0.15, 0.2) is 28.1 Å². The van der Waals surface area contributed by atoms with Crippen LogP contribution in [0.5, 0.6) is 0 Å². The molecular formula is C19H21BrN6. The third kappa shape index (κ3) is 2.93. The summed E-state index contributed by atoms with van der Waals surface area (Å²) in [6.45, 7) is 3.93. The minimum Gasteiger partial charge on any atom is -0.353 e. The summed E-state index contributed by atoms with van der Waals surface area (Å²) in [5.41, 5.74) is 2.29. The maximum Gasteiger partial charge on any atom is 0.140 e. The lowest BCUT2D eigenvalue weighted by Gasteiger charge is -2.30. The fourth-order valence-electron chi connectivity index (χ4n) is 3.79. The van der Waals surface area contributed by atoms with Crippen LogP contribution < -0.4 is 10.2 Å². The highest BCUT2D eigenvalue weighted by atomic mass is 79.9. The highest BCUT2D eigenvalue weighted by molar-refractivity contribution is 9.11. The van der Waals surface area contributed by atoms with Crippen molar-refractivity contribution in [2.45, 2.75) is 31.1 Å². The molecule has 3 aliphatic rings. The number of hydrogen-bond donors (Lipinski definition) is 1. The molecular weight excluding hydrogens is 392 g/mol. The zero-order valence-corrected chi connectivity index (χ0v) is 16.1. The molecule has 1 saturated carbocycles. The summed E-state index contributed by atoms with van der Waals surface area (Å²) >= 11 is 3.65. The van der Waals surface area contributed by atoms with Crippen LogP contribution in [0.4, 0.5) is 5.82 Å². The van der Waals surface area contributed by atoms with Gasteiger partial charge in [-0.25, -0.2) is 9.97 Å². The molecule has 5 rings (SSSR count). The molecule has 2 aromatic heterocycles. The van der Waals surface area contributed by atoms with E-state index in [0.29, 0.717) is 5.92 Å². The van der Waals surface area contributed by atoms with Gasteiger partial charge in [-0.15, -0.1) is 0 Å². The second-order valence-electron chi connectivity index (χ2n) is 7.17. The van der Waals surface area contributed by atoms with Crippen molar-refractivity contribution in [2.75, 3.05) is 31.1 Å². The predicted octanol–water partition coefficient (Wildman–Crippen LogP) is 3.11. The van der Waals surface area contributed by atoms with Crippen molar-refractivity contribution in [1.82, 2.24) is 20.3 Å². The fraction of sp³-hybridized carbons (Fsp3) is 0.474. The number of aromatic nitrogens is 3. The largest absolute Gasteiger partial charge is 0.353 e. The molecule has 4 heterocycles. The maximum atomic E-state index is 5.10. The van der Waals surface area contributed by atoms with Crippen molar-refractivity contribution in [3.63, 3.8) is 0 Å². The number of nitrogens with zero attached hydrogens (tertiary/aromatic N) is 5. The Bertz CT molecular complexity index is 898. The molecule has 0 radical (unpaired) electrons. The standard InChI is InChI=1S/C19H21BrN6/c20-15-10-22-4-3-13(15)18-24-16-11-23-9-14(12-1-2-12)17(16)19(25-18)26-7-5-21-6-8-26/h4,9-13,21H,1-3,5-8H2. The smallest absolute Gasteiger partial charge is 0.140 e. The number of fused-ring (bicyclic) bond motifs is 1. The third-order valence-electron chi connectivity index (χ3n) is 5.36. The molecule has 0 bridgehead atoms. The Morgan fingerprint density at radius 1 is 1.12 bits per heavy atom. The van der Waals surface area contributed by atoms with Crippen molar-refractivity contribution in [2.24, 2.45) is 4.99 Å². The van der Waals surface area contributed by atoms with Crippen molar-refractivity contribution in [1.29, 1.82) is 0 Å². The van der Waals surface area contributed by atoms with Crippen LogP contribution in [0.25, 0.3) is 10.9 Å². The molecule has 1 unspecified atom stereocenters. The number of anilines is 1. The SMILES string of the molecule is BrC1=CN=CCC1c1nc(N2CCNCC2)c2c(C3CC3)cncc2n1. The van der Waals surface area contributed by atoms with E-state index in [1.807, 2.05) is 24.8 Å². The molecule has 0 spiro atoms. The van der Waals surface area contributed by atoms with Gasteiger partial charge < -0.3 is 10.2 Å². The van der Waals surface area contributed by atoms with Gasteiger partial charge in [-0.3, -0.25) is 9.98 Å². The van der Waals surface area contributed by atoms with E-state index in [0.717, 1.165) is 54.2 Å². The minimum atomic E-state index is 0.128. The van der Waals surface area contributed by atoms with E-state index in [1.54, 1.807) is 0 Å². The Morgan fingerprint density at radius 3 is 2.73 bits per heavy atom. The van der Waals surface area contributed by atoms with Gasteiger partial charge in [-0.2, -0.15) is 0 Å². The average Bonchev–Trinajstić information content (AvgIpc) is 3.53. The van der Waals surface area contributed by atoms with Gasteiger partial charge in [0.2, 0.25) is 0 Å². The van der Waals surface area contributed by atoms with Crippen molar-refractivity contribution in [3.8, 4) is 0 Å². The Hall–Kier alpha value is -1.86. The van der Waals surface area contributed by atoms with Crippen molar-refractivity contribution >= 4 is 38.9 Å². The summed E-state index contributed by atoms with van der Waals surface area (Å²) in [4.78, 5) is 21.2. The first-order valence-electron chi connectivity index (χ1n) is 9.29. The van der Waals surface area contributed by atoms with E-state index in [-0.39, 0.29) is 5.92 Å². The lowest BCUT2D eigenvalue weighted by Crippen LogP contribution is -2.44. The molecule has 1 saturated heterocycles. The summed E-state index contributed by atoms with van der Waals surface area (Å²) < 4.78 is 1.04. The molecule has 7 heteroatoms. The number of piperazine rings is 1. The van der Waals surface area contributed by atoms with E-state index in [4.69, 9.17) is 9.97 Å². The molecule has 1 atom stereocenters. The molecule has 0 amide bonds. The lowest BCUT2D eigenvalue weighted by atomic mass is 10.0. The van der Waals surface area contributed by atoms with Gasteiger partial charge in [0.05, 0.1) is 17.6 Å². The van der Waals surface area contributed by atoms with Gasteiger partial charge in [0.1, 0.15) is 11.6 Å². The molecule has 2 aliphatic heterocycles. The Labute approximate surface area is 161 Å². The number of pyridine rings is 1. The van der Waals surface area contributed by atoms with Crippen LogP contribution >= 0.6 is 15.9 Å². The molecule has 2 aromatic rings.